The molecule has 0 fully saturated rings. The highest BCUT2D eigenvalue weighted by molar-refractivity contribution is 5.65. The Balaban J connectivity index is 1.94. The minimum atomic E-state index is -0.0352. The molecule has 0 spiro atoms. The molecule has 0 aliphatic heterocycles. The fourth-order valence-electron chi connectivity index (χ4n) is 2.33. The third kappa shape index (κ3) is 5.30. The van der Waals surface area contributed by atoms with Crippen LogP contribution in [0.15, 0.2) is 60.8 Å². The molecule has 0 saturated heterocycles. The van der Waals surface area contributed by atoms with E-state index in [1.807, 2.05) is 68.6 Å². The molecule has 6 heteroatoms. The van der Waals surface area contributed by atoms with Gasteiger partial charge in [-0.25, -0.2) is 9.97 Å². The van der Waals surface area contributed by atoms with Crippen LogP contribution in [-0.2, 0) is 0 Å². The number of benzene rings is 1. The molecule has 1 unspecified atom stereocenters. The average Bonchev–Trinajstić information content (AvgIpc) is 2.76. The van der Waals surface area contributed by atoms with Gasteiger partial charge in [0.25, 0.3) is 0 Å². The molecule has 0 radical (unpaired) electrons. The maximum Gasteiger partial charge on any atom is 0.239 e. The number of nitrogens with zero attached hydrogens (tertiary/aromatic N) is 2. The van der Waals surface area contributed by atoms with Crippen LogP contribution in [0.25, 0.3) is 11.1 Å². The first kappa shape index (κ1) is 19.4. The summed E-state index contributed by atoms with van der Waals surface area (Å²) < 4.78 is 5.13. The Morgan fingerprint density at radius 2 is 1.79 bits per heavy atom. The highest BCUT2D eigenvalue weighted by Gasteiger charge is 2.07. The van der Waals surface area contributed by atoms with Crippen LogP contribution >= 0.6 is 0 Å². The van der Waals surface area contributed by atoms with Gasteiger partial charge in [-0.1, -0.05) is 24.1 Å². The number of ether oxygens (including phenoxy) is 1. The van der Waals surface area contributed by atoms with Gasteiger partial charge in [-0.15, -0.1) is 5.48 Å². The minimum absolute atomic E-state index is 0.0352. The molecule has 0 saturated carbocycles. The topological polar surface area (TPSA) is 68.3 Å². The number of aromatic nitrogens is 2. The van der Waals surface area contributed by atoms with Gasteiger partial charge in [0.05, 0.1) is 13.3 Å². The summed E-state index contributed by atoms with van der Waals surface area (Å²) in [5, 5.41) is 3.04. The standard InChI is InChI=1S/C22H22N4O2/c1-16(23-2)26-28-22-14-19(18-10-12-21(27-3)24-15-18)13-20(25-22)11-9-17-7-5-4-6-8-17/h4-8,10,12-16,23,26H,1-3H3. The Kier molecular flexibility index (Phi) is 6.58. The monoisotopic (exact) mass is 374 g/mol. The fourth-order valence-corrected chi connectivity index (χ4v) is 2.33. The van der Waals surface area contributed by atoms with Gasteiger partial charge in [0.2, 0.25) is 11.8 Å². The summed E-state index contributed by atoms with van der Waals surface area (Å²) >= 11 is 0. The van der Waals surface area contributed by atoms with Gasteiger partial charge in [0.15, 0.2) is 0 Å². The van der Waals surface area contributed by atoms with Crippen molar-refractivity contribution in [2.45, 2.75) is 13.1 Å². The zero-order chi connectivity index (χ0) is 19.8. The van der Waals surface area contributed by atoms with Crippen LogP contribution in [0.3, 0.4) is 0 Å². The summed E-state index contributed by atoms with van der Waals surface area (Å²) in [6.45, 7) is 1.94. The lowest BCUT2D eigenvalue weighted by Crippen LogP contribution is -2.39. The molecule has 142 valence electrons. The Hall–Kier alpha value is -3.40. The summed E-state index contributed by atoms with van der Waals surface area (Å²) in [6, 6.07) is 17.3. The van der Waals surface area contributed by atoms with Crippen molar-refractivity contribution in [2.24, 2.45) is 0 Å². The van der Waals surface area contributed by atoms with Crippen molar-refractivity contribution in [3.63, 3.8) is 0 Å². The van der Waals surface area contributed by atoms with E-state index in [4.69, 9.17) is 9.57 Å². The van der Waals surface area contributed by atoms with Gasteiger partial charge in [0, 0.05) is 29.5 Å². The molecule has 0 bridgehead atoms. The number of rotatable bonds is 6. The quantitative estimate of drug-likeness (QED) is 0.393. The van der Waals surface area contributed by atoms with Crippen LogP contribution in [0.5, 0.6) is 11.8 Å². The van der Waals surface area contributed by atoms with E-state index in [2.05, 4.69) is 32.6 Å². The maximum atomic E-state index is 5.62. The van der Waals surface area contributed by atoms with Crippen molar-refractivity contribution < 1.29 is 9.57 Å². The normalized spacial score (nSPS) is 11.2. The maximum absolute atomic E-state index is 5.62. The van der Waals surface area contributed by atoms with E-state index in [9.17, 15) is 0 Å². The first-order valence-electron chi connectivity index (χ1n) is 8.87. The van der Waals surface area contributed by atoms with Crippen molar-refractivity contribution >= 4 is 0 Å². The second-order valence-corrected chi connectivity index (χ2v) is 6.01. The molecule has 2 N–H and O–H groups in total. The summed E-state index contributed by atoms with van der Waals surface area (Å²) in [7, 11) is 3.43. The van der Waals surface area contributed by atoms with Crippen molar-refractivity contribution in [1.29, 1.82) is 0 Å². The predicted molar refractivity (Wildman–Crippen MR) is 109 cm³/mol. The molecule has 6 nitrogen and oxygen atoms in total. The van der Waals surface area contributed by atoms with Gasteiger partial charge in [-0.3, -0.25) is 0 Å². The van der Waals surface area contributed by atoms with E-state index in [1.165, 1.54) is 0 Å². The number of pyridine rings is 2. The third-order valence-corrected chi connectivity index (χ3v) is 3.96. The molecule has 0 amide bonds. The first-order chi connectivity index (χ1) is 13.7. The van der Waals surface area contributed by atoms with Crippen molar-refractivity contribution in [3.8, 4) is 34.7 Å². The molecule has 3 aromatic rings. The van der Waals surface area contributed by atoms with E-state index in [-0.39, 0.29) is 6.17 Å². The van der Waals surface area contributed by atoms with Gasteiger partial charge < -0.3 is 14.9 Å². The van der Waals surface area contributed by atoms with Crippen LogP contribution in [0.1, 0.15) is 18.2 Å². The number of hydrogen-bond acceptors (Lipinski definition) is 6. The highest BCUT2D eigenvalue weighted by atomic mass is 16.7. The zero-order valence-corrected chi connectivity index (χ0v) is 16.1. The second-order valence-electron chi connectivity index (χ2n) is 6.01. The summed E-state index contributed by atoms with van der Waals surface area (Å²) in [6.07, 6.45) is 1.71. The number of hydrogen-bond donors (Lipinski definition) is 2. The van der Waals surface area contributed by atoms with Crippen LogP contribution in [0, 0.1) is 11.8 Å². The van der Waals surface area contributed by atoms with Gasteiger partial charge >= 0.3 is 0 Å². The Morgan fingerprint density at radius 1 is 0.964 bits per heavy atom. The van der Waals surface area contributed by atoms with Crippen molar-refractivity contribution in [1.82, 2.24) is 20.8 Å². The van der Waals surface area contributed by atoms with Crippen LogP contribution in [-0.4, -0.2) is 30.3 Å². The first-order valence-corrected chi connectivity index (χ1v) is 8.87. The van der Waals surface area contributed by atoms with Gasteiger partial charge in [0.1, 0.15) is 5.69 Å². The van der Waals surface area contributed by atoms with Gasteiger partial charge in [-0.2, -0.15) is 0 Å². The van der Waals surface area contributed by atoms with Crippen LogP contribution < -0.4 is 20.4 Å². The average molecular weight is 374 g/mol. The largest absolute Gasteiger partial charge is 0.481 e. The molecule has 0 aliphatic rings. The molecule has 3 rings (SSSR count). The number of nitrogens with one attached hydrogen (secondary N) is 2. The predicted octanol–water partition coefficient (Wildman–Crippen LogP) is 3.00. The van der Waals surface area contributed by atoms with E-state index in [1.54, 1.807) is 13.3 Å². The lowest BCUT2D eigenvalue weighted by atomic mass is 10.1. The highest BCUT2D eigenvalue weighted by Crippen LogP contribution is 2.24. The fraction of sp³-hybridized carbons (Fsp3) is 0.182. The Labute approximate surface area is 164 Å². The van der Waals surface area contributed by atoms with Gasteiger partial charge in [-0.05, 0) is 49.7 Å². The minimum Gasteiger partial charge on any atom is -0.481 e. The van der Waals surface area contributed by atoms with E-state index >= 15 is 0 Å². The SMILES string of the molecule is CNC(C)NOc1cc(-c2ccc(OC)nc2)cc(C#Cc2ccccc2)n1. The molecular formula is C22H22N4O2. The number of methoxy groups -OCH3 is 1. The zero-order valence-electron chi connectivity index (χ0n) is 16.1. The van der Waals surface area contributed by atoms with E-state index in [0.717, 1.165) is 16.7 Å². The lowest BCUT2D eigenvalue weighted by Gasteiger charge is -2.13. The molecular weight excluding hydrogens is 352 g/mol. The summed E-state index contributed by atoms with van der Waals surface area (Å²) in [4.78, 5) is 14.4. The molecule has 1 atom stereocenters. The van der Waals surface area contributed by atoms with Crippen LogP contribution in [0.4, 0.5) is 0 Å². The molecule has 28 heavy (non-hydrogen) atoms. The molecule has 2 heterocycles. The smallest absolute Gasteiger partial charge is 0.239 e. The third-order valence-electron chi connectivity index (χ3n) is 3.96. The number of hydroxylamine groups is 1. The van der Waals surface area contributed by atoms with Crippen molar-refractivity contribution in [3.05, 3.63) is 72.1 Å². The Morgan fingerprint density at radius 3 is 2.46 bits per heavy atom. The summed E-state index contributed by atoms with van der Waals surface area (Å²) in [5.41, 5.74) is 6.23. The molecule has 2 aromatic heterocycles. The van der Waals surface area contributed by atoms with E-state index < -0.39 is 0 Å². The lowest BCUT2D eigenvalue weighted by molar-refractivity contribution is 0.143. The summed E-state index contributed by atoms with van der Waals surface area (Å²) in [5.74, 6) is 7.21. The molecule has 0 aliphatic carbocycles. The molecule has 1 aromatic carbocycles. The van der Waals surface area contributed by atoms with Crippen LogP contribution in [0.2, 0.25) is 0 Å². The van der Waals surface area contributed by atoms with Crippen molar-refractivity contribution in [2.75, 3.05) is 14.2 Å². The second kappa shape index (κ2) is 9.51. The Bertz CT molecular complexity index is 963. The van der Waals surface area contributed by atoms with E-state index in [0.29, 0.717) is 17.5 Å².